The molecule has 1 amide bonds. The van der Waals surface area contributed by atoms with Crippen molar-refractivity contribution in [3.05, 3.63) is 41.6 Å². The number of fused-ring (bicyclic) bond motifs is 1. The molecule has 0 saturated carbocycles. The van der Waals surface area contributed by atoms with E-state index in [2.05, 4.69) is 20.3 Å². The van der Waals surface area contributed by atoms with Crippen LogP contribution in [0.15, 0.2) is 29.5 Å². The minimum Gasteiger partial charge on any atom is -0.377 e. The second-order valence-corrected chi connectivity index (χ2v) is 6.71. The van der Waals surface area contributed by atoms with Crippen molar-refractivity contribution in [1.82, 2.24) is 15.3 Å². The summed E-state index contributed by atoms with van der Waals surface area (Å²) in [6, 6.07) is 4.77. The molecule has 1 aromatic carbocycles. The molecule has 3 heterocycles. The number of hydrogen-bond donors (Lipinski definition) is 1. The smallest absolute Gasteiger partial charge is 0.265 e. The SMILES string of the molecule is C/C(=N\c1c(C)ncnc1N1CCc2cc(F)ccc21)C(=O)NC1COC1. The van der Waals surface area contributed by atoms with Crippen LogP contribution in [0.1, 0.15) is 18.2 Å². The number of aryl methyl sites for hydroxylation is 1. The van der Waals surface area contributed by atoms with Crippen molar-refractivity contribution in [2.45, 2.75) is 26.3 Å². The second kappa shape index (κ2) is 7.03. The lowest BCUT2D eigenvalue weighted by Gasteiger charge is -2.26. The van der Waals surface area contributed by atoms with Gasteiger partial charge in [0.1, 0.15) is 23.5 Å². The maximum Gasteiger partial charge on any atom is 0.265 e. The summed E-state index contributed by atoms with van der Waals surface area (Å²) in [5, 5.41) is 2.88. The standard InChI is InChI=1S/C19H20FN5O2/c1-11-17(23-12(2)19(26)24-15-8-27-9-15)18(22-10-21-11)25-6-5-13-7-14(20)3-4-16(13)25/h3-4,7,10,15H,5-6,8-9H2,1-2H3,(H,24,26)/b23-12+. The highest BCUT2D eigenvalue weighted by atomic mass is 19.1. The number of benzene rings is 1. The molecule has 2 aliphatic rings. The lowest BCUT2D eigenvalue weighted by molar-refractivity contribution is -0.118. The first-order chi connectivity index (χ1) is 13.0. The van der Waals surface area contributed by atoms with Crippen molar-refractivity contribution in [3.63, 3.8) is 0 Å². The van der Waals surface area contributed by atoms with E-state index in [1.54, 1.807) is 19.1 Å². The minimum absolute atomic E-state index is 0.0376. The number of anilines is 2. The van der Waals surface area contributed by atoms with E-state index in [0.29, 0.717) is 42.7 Å². The van der Waals surface area contributed by atoms with Gasteiger partial charge >= 0.3 is 0 Å². The molecule has 27 heavy (non-hydrogen) atoms. The topological polar surface area (TPSA) is 79.7 Å². The predicted octanol–water partition coefficient (Wildman–Crippen LogP) is 2.23. The first-order valence-electron chi connectivity index (χ1n) is 8.84. The molecule has 0 bridgehead atoms. The molecule has 1 aromatic heterocycles. The number of amides is 1. The lowest BCUT2D eigenvalue weighted by atomic mass is 10.1. The summed E-state index contributed by atoms with van der Waals surface area (Å²) in [5.41, 5.74) is 3.39. The number of carbonyl (C=O) groups excluding carboxylic acids is 1. The summed E-state index contributed by atoms with van der Waals surface area (Å²) in [6.07, 6.45) is 2.20. The summed E-state index contributed by atoms with van der Waals surface area (Å²) < 4.78 is 18.6. The average Bonchev–Trinajstić information content (AvgIpc) is 3.02. The van der Waals surface area contributed by atoms with Gasteiger partial charge in [-0.15, -0.1) is 0 Å². The van der Waals surface area contributed by atoms with E-state index in [0.717, 1.165) is 17.7 Å². The lowest BCUT2D eigenvalue weighted by Crippen LogP contribution is -2.50. The Hall–Kier alpha value is -2.87. The van der Waals surface area contributed by atoms with Crippen molar-refractivity contribution in [3.8, 4) is 0 Å². The van der Waals surface area contributed by atoms with E-state index >= 15 is 0 Å². The number of ether oxygens (including phenoxy) is 1. The van der Waals surface area contributed by atoms with Crippen LogP contribution in [-0.4, -0.2) is 47.4 Å². The van der Waals surface area contributed by atoms with Crippen LogP contribution in [0.4, 0.5) is 21.6 Å². The maximum atomic E-state index is 13.5. The third-order valence-corrected chi connectivity index (χ3v) is 4.76. The summed E-state index contributed by atoms with van der Waals surface area (Å²) in [6.45, 7) is 5.22. The zero-order valence-electron chi connectivity index (χ0n) is 15.2. The number of aliphatic imine (C=N–C) groups is 1. The summed E-state index contributed by atoms with van der Waals surface area (Å²) >= 11 is 0. The Labute approximate surface area is 156 Å². The van der Waals surface area contributed by atoms with Crippen LogP contribution in [0.3, 0.4) is 0 Å². The molecule has 0 atom stereocenters. The van der Waals surface area contributed by atoms with E-state index in [9.17, 15) is 9.18 Å². The van der Waals surface area contributed by atoms with E-state index in [4.69, 9.17) is 4.74 Å². The zero-order valence-corrected chi connectivity index (χ0v) is 15.2. The van der Waals surface area contributed by atoms with Crippen LogP contribution in [0.5, 0.6) is 0 Å². The van der Waals surface area contributed by atoms with Gasteiger partial charge in [-0.2, -0.15) is 0 Å². The van der Waals surface area contributed by atoms with Crippen molar-refractivity contribution >= 4 is 28.8 Å². The third kappa shape index (κ3) is 3.40. The number of nitrogens with one attached hydrogen (secondary N) is 1. The van der Waals surface area contributed by atoms with Gasteiger partial charge in [-0.1, -0.05) is 0 Å². The van der Waals surface area contributed by atoms with Gasteiger partial charge in [0, 0.05) is 12.2 Å². The number of halogens is 1. The van der Waals surface area contributed by atoms with Gasteiger partial charge in [-0.3, -0.25) is 4.79 Å². The fraction of sp³-hybridized carbons (Fsp3) is 0.368. The van der Waals surface area contributed by atoms with E-state index in [-0.39, 0.29) is 17.8 Å². The van der Waals surface area contributed by atoms with Crippen LogP contribution in [0, 0.1) is 12.7 Å². The van der Waals surface area contributed by atoms with E-state index < -0.39 is 0 Å². The monoisotopic (exact) mass is 369 g/mol. The Morgan fingerprint density at radius 1 is 1.37 bits per heavy atom. The van der Waals surface area contributed by atoms with Gasteiger partial charge in [0.15, 0.2) is 5.82 Å². The molecule has 4 rings (SSSR count). The van der Waals surface area contributed by atoms with Gasteiger partial charge in [0.25, 0.3) is 5.91 Å². The molecule has 1 saturated heterocycles. The van der Waals surface area contributed by atoms with Crippen molar-refractivity contribution < 1.29 is 13.9 Å². The first-order valence-corrected chi connectivity index (χ1v) is 8.84. The molecule has 0 unspecified atom stereocenters. The van der Waals surface area contributed by atoms with Gasteiger partial charge in [0.05, 0.1) is 24.9 Å². The van der Waals surface area contributed by atoms with Crippen LogP contribution >= 0.6 is 0 Å². The molecule has 0 radical (unpaired) electrons. The number of carbonyl (C=O) groups is 1. The summed E-state index contributed by atoms with van der Waals surface area (Å²) in [4.78, 5) is 27.5. The first kappa shape index (κ1) is 17.5. The van der Waals surface area contributed by atoms with Crippen molar-refractivity contribution in [1.29, 1.82) is 0 Å². The Kier molecular flexibility index (Phi) is 4.57. The van der Waals surface area contributed by atoms with Crippen LogP contribution in [-0.2, 0) is 16.0 Å². The fourth-order valence-corrected chi connectivity index (χ4v) is 3.20. The van der Waals surface area contributed by atoms with Crippen LogP contribution in [0.2, 0.25) is 0 Å². The number of rotatable bonds is 4. The van der Waals surface area contributed by atoms with Gasteiger partial charge < -0.3 is 15.0 Å². The molecule has 1 fully saturated rings. The fourth-order valence-electron chi connectivity index (χ4n) is 3.20. The summed E-state index contributed by atoms with van der Waals surface area (Å²) in [5.74, 6) is 0.133. The molecule has 1 N–H and O–H groups in total. The summed E-state index contributed by atoms with van der Waals surface area (Å²) in [7, 11) is 0. The maximum absolute atomic E-state index is 13.5. The quantitative estimate of drug-likeness (QED) is 0.836. The molecule has 0 aliphatic carbocycles. The highest BCUT2D eigenvalue weighted by Gasteiger charge is 2.26. The van der Waals surface area contributed by atoms with Crippen LogP contribution < -0.4 is 10.2 Å². The molecule has 2 aliphatic heterocycles. The van der Waals surface area contributed by atoms with Gasteiger partial charge in [-0.25, -0.2) is 19.4 Å². The van der Waals surface area contributed by atoms with Crippen molar-refractivity contribution in [2.24, 2.45) is 4.99 Å². The predicted molar refractivity (Wildman–Crippen MR) is 99.4 cm³/mol. The highest BCUT2D eigenvalue weighted by molar-refractivity contribution is 6.38. The molecular weight excluding hydrogens is 349 g/mol. The molecular formula is C19H20FN5O2. The average molecular weight is 369 g/mol. The Morgan fingerprint density at radius 2 is 2.19 bits per heavy atom. The Bertz CT molecular complexity index is 926. The van der Waals surface area contributed by atoms with Crippen LogP contribution in [0.25, 0.3) is 0 Å². The largest absolute Gasteiger partial charge is 0.377 e. The van der Waals surface area contributed by atoms with E-state index in [1.807, 2.05) is 11.8 Å². The van der Waals surface area contributed by atoms with Crippen molar-refractivity contribution in [2.75, 3.05) is 24.7 Å². The van der Waals surface area contributed by atoms with Gasteiger partial charge in [-0.05, 0) is 44.0 Å². The number of nitrogens with zero attached hydrogens (tertiary/aromatic N) is 4. The van der Waals surface area contributed by atoms with E-state index in [1.165, 1.54) is 12.4 Å². The molecule has 8 heteroatoms. The molecule has 7 nitrogen and oxygen atoms in total. The number of hydrogen-bond acceptors (Lipinski definition) is 6. The normalized spacial score (nSPS) is 16.9. The Balaban J connectivity index is 1.67. The Morgan fingerprint density at radius 3 is 2.93 bits per heavy atom. The second-order valence-electron chi connectivity index (χ2n) is 6.71. The van der Waals surface area contributed by atoms with Gasteiger partial charge in [0.2, 0.25) is 0 Å². The highest BCUT2D eigenvalue weighted by Crippen LogP contribution is 2.39. The zero-order chi connectivity index (χ0) is 19.0. The molecule has 140 valence electrons. The molecule has 0 spiro atoms. The third-order valence-electron chi connectivity index (χ3n) is 4.76. The minimum atomic E-state index is -0.250. The molecule has 2 aromatic rings. The number of aromatic nitrogens is 2.